The molecule has 1 aliphatic carbocycles. The normalized spacial score (nSPS) is 24.8. The SMILES string of the molecule is Cc1[nH]c2ccccc2c1C1=C[C@]2(C)Nc3ccccc3[C@H]2[C@H](c2ccccc2)C1. The maximum Gasteiger partial charge on any atom is 0.0609 e. The van der Waals surface area contributed by atoms with Crippen molar-refractivity contribution in [3.63, 3.8) is 0 Å². The zero-order chi connectivity index (χ0) is 20.3. The number of aromatic nitrogens is 1. The Bertz CT molecular complexity index is 1280. The van der Waals surface area contributed by atoms with E-state index in [-0.39, 0.29) is 5.54 Å². The second kappa shape index (κ2) is 6.37. The lowest BCUT2D eigenvalue weighted by atomic mass is 9.65. The molecule has 0 saturated heterocycles. The van der Waals surface area contributed by atoms with Gasteiger partial charge >= 0.3 is 0 Å². The first-order valence-electron chi connectivity index (χ1n) is 10.9. The smallest absolute Gasteiger partial charge is 0.0609 e. The van der Waals surface area contributed by atoms with E-state index in [4.69, 9.17) is 0 Å². The third kappa shape index (κ3) is 2.50. The number of rotatable bonds is 2. The van der Waals surface area contributed by atoms with Crippen molar-refractivity contribution in [1.29, 1.82) is 0 Å². The van der Waals surface area contributed by atoms with Gasteiger partial charge in [-0.25, -0.2) is 0 Å². The number of anilines is 1. The minimum Gasteiger partial charge on any atom is -0.376 e. The maximum absolute atomic E-state index is 3.89. The molecule has 1 aliphatic heterocycles. The summed E-state index contributed by atoms with van der Waals surface area (Å²) in [6.07, 6.45) is 3.56. The lowest BCUT2D eigenvalue weighted by molar-refractivity contribution is 0.426. The quantitative estimate of drug-likeness (QED) is 0.378. The first kappa shape index (κ1) is 17.6. The molecule has 0 amide bonds. The summed E-state index contributed by atoms with van der Waals surface area (Å²) in [5.74, 6) is 0.853. The molecule has 6 rings (SSSR count). The van der Waals surface area contributed by atoms with Gasteiger partial charge in [-0.1, -0.05) is 72.8 Å². The van der Waals surface area contributed by atoms with Gasteiger partial charge in [-0.05, 0) is 55.0 Å². The highest BCUT2D eigenvalue weighted by atomic mass is 15.0. The van der Waals surface area contributed by atoms with E-state index in [1.54, 1.807) is 0 Å². The van der Waals surface area contributed by atoms with Crippen molar-refractivity contribution in [3.05, 3.63) is 107 Å². The molecule has 0 bridgehead atoms. The third-order valence-corrected chi connectivity index (χ3v) is 7.10. The number of para-hydroxylation sites is 2. The number of aromatic amines is 1. The van der Waals surface area contributed by atoms with Gasteiger partial charge in [0.25, 0.3) is 0 Å². The second-order valence-corrected chi connectivity index (χ2v) is 9.03. The molecule has 148 valence electrons. The molecule has 2 N–H and O–H groups in total. The van der Waals surface area contributed by atoms with Gasteiger partial charge in [0.1, 0.15) is 0 Å². The maximum atomic E-state index is 3.89. The summed E-state index contributed by atoms with van der Waals surface area (Å²) in [7, 11) is 0. The molecular formula is C28H26N2. The van der Waals surface area contributed by atoms with Gasteiger partial charge in [-0.2, -0.15) is 0 Å². The van der Waals surface area contributed by atoms with Crippen LogP contribution in [0.15, 0.2) is 84.9 Å². The van der Waals surface area contributed by atoms with Crippen LogP contribution in [0.3, 0.4) is 0 Å². The van der Waals surface area contributed by atoms with Crippen LogP contribution in [0.1, 0.15) is 47.6 Å². The Morgan fingerprint density at radius 3 is 2.47 bits per heavy atom. The Morgan fingerprint density at radius 2 is 1.60 bits per heavy atom. The highest BCUT2D eigenvalue weighted by Crippen LogP contribution is 2.57. The molecule has 1 aromatic heterocycles. The number of nitrogens with one attached hydrogen (secondary N) is 2. The summed E-state index contributed by atoms with van der Waals surface area (Å²) in [4.78, 5) is 3.61. The molecule has 0 fully saturated rings. The van der Waals surface area contributed by atoms with Crippen molar-refractivity contribution >= 4 is 22.2 Å². The fourth-order valence-electron chi connectivity index (χ4n) is 5.98. The molecular weight excluding hydrogens is 364 g/mol. The third-order valence-electron chi connectivity index (χ3n) is 7.10. The van der Waals surface area contributed by atoms with Crippen molar-refractivity contribution in [2.24, 2.45) is 0 Å². The molecule has 30 heavy (non-hydrogen) atoms. The predicted octanol–water partition coefficient (Wildman–Crippen LogP) is 7.02. The Balaban J connectivity index is 1.57. The minimum atomic E-state index is -0.109. The van der Waals surface area contributed by atoms with Gasteiger partial charge in [0.15, 0.2) is 0 Å². The van der Waals surface area contributed by atoms with Crippen LogP contribution in [-0.4, -0.2) is 10.5 Å². The van der Waals surface area contributed by atoms with E-state index < -0.39 is 0 Å². The van der Waals surface area contributed by atoms with Crippen LogP contribution < -0.4 is 5.32 Å². The van der Waals surface area contributed by atoms with Crippen LogP contribution in [0.2, 0.25) is 0 Å². The molecule has 4 aromatic rings. The molecule has 2 heterocycles. The zero-order valence-electron chi connectivity index (χ0n) is 17.4. The van der Waals surface area contributed by atoms with E-state index in [0.29, 0.717) is 11.8 Å². The summed E-state index contributed by atoms with van der Waals surface area (Å²) in [5.41, 5.74) is 9.34. The predicted molar refractivity (Wildman–Crippen MR) is 126 cm³/mol. The Hall–Kier alpha value is -3.26. The van der Waals surface area contributed by atoms with Crippen LogP contribution in [0.5, 0.6) is 0 Å². The standard InChI is InChI=1S/C28H26N2/c1-18-26(21-12-6-8-14-24(21)29-18)20-16-23(19-10-4-3-5-11-19)27-22-13-7-9-15-25(22)30-28(27,2)17-20/h3-15,17,23,27,29-30H,16H2,1-2H3/t23-,27-,28-/m0/s1. The monoisotopic (exact) mass is 390 g/mol. The first-order chi connectivity index (χ1) is 14.6. The van der Waals surface area contributed by atoms with Crippen molar-refractivity contribution in [1.82, 2.24) is 4.98 Å². The molecule has 0 saturated carbocycles. The van der Waals surface area contributed by atoms with Crippen molar-refractivity contribution in [2.45, 2.75) is 37.6 Å². The number of fused-ring (bicyclic) bond motifs is 4. The minimum absolute atomic E-state index is 0.109. The van der Waals surface area contributed by atoms with E-state index in [2.05, 4.69) is 109 Å². The first-order valence-corrected chi connectivity index (χ1v) is 10.9. The fourth-order valence-corrected chi connectivity index (χ4v) is 5.98. The van der Waals surface area contributed by atoms with Gasteiger partial charge in [0.2, 0.25) is 0 Å². The van der Waals surface area contributed by atoms with Gasteiger partial charge in [-0.3, -0.25) is 0 Å². The number of allylic oxidation sites excluding steroid dienone is 1. The highest BCUT2D eigenvalue weighted by molar-refractivity contribution is 5.95. The topological polar surface area (TPSA) is 27.8 Å². The molecule has 3 atom stereocenters. The largest absolute Gasteiger partial charge is 0.376 e. The molecule has 3 aromatic carbocycles. The summed E-state index contributed by atoms with van der Waals surface area (Å²) < 4.78 is 0. The van der Waals surface area contributed by atoms with Crippen LogP contribution in [0.25, 0.3) is 16.5 Å². The van der Waals surface area contributed by atoms with E-state index >= 15 is 0 Å². The van der Waals surface area contributed by atoms with Crippen molar-refractivity contribution in [3.8, 4) is 0 Å². The van der Waals surface area contributed by atoms with E-state index in [1.807, 2.05) is 0 Å². The average molecular weight is 391 g/mol. The van der Waals surface area contributed by atoms with Crippen LogP contribution in [-0.2, 0) is 0 Å². The molecule has 0 spiro atoms. The average Bonchev–Trinajstić information content (AvgIpc) is 3.26. The molecule has 0 unspecified atom stereocenters. The zero-order valence-corrected chi connectivity index (χ0v) is 17.4. The van der Waals surface area contributed by atoms with E-state index in [1.165, 1.54) is 44.5 Å². The Kier molecular flexibility index (Phi) is 3.73. The summed E-state index contributed by atoms with van der Waals surface area (Å²) in [5, 5.41) is 5.21. The van der Waals surface area contributed by atoms with Gasteiger partial charge in [-0.15, -0.1) is 0 Å². The lowest BCUT2D eigenvalue weighted by Crippen LogP contribution is -2.40. The van der Waals surface area contributed by atoms with Gasteiger partial charge in [0, 0.05) is 33.8 Å². The van der Waals surface area contributed by atoms with Crippen LogP contribution >= 0.6 is 0 Å². The molecule has 2 heteroatoms. The number of benzene rings is 3. The van der Waals surface area contributed by atoms with Crippen molar-refractivity contribution in [2.75, 3.05) is 5.32 Å². The molecule has 2 aliphatic rings. The Labute approximate surface area is 177 Å². The molecule has 0 radical (unpaired) electrons. The number of aryl methyl sites for hydroxylation is 1. The number of hydrogen-bond acceptors (Lipinski definition) is 1. The number of H-pyrrole nitrogens is 1. The summed E-state index contributed by atoms with van der Waals surface area (Å²) in [6.45, 7) is 4.58. The van der Waals surface area contributed by atoms with Gasteiger partial charge in [0.05, 0.1) is 5.54 Å². The Morgan fingerprint density at radius 1 is 0.867 bits per heavy atom. The second-order valence-electron chi connectivity index (χ2n) is 9.03. The van der Waals surface area contributed by atoms with Crippen LogP contribution in [0, 0.1) is 6.92 Å². The molecule has 2 nitrogen and oxygen atoms in total. The van der Waals surface area contributed by atoms with Crippen LogP contribution in [0.4, 0.5) is 5.69 Å². The van der Waals surface area contributed by atoms with Crippen molar-refractivity contribution < 1.29 is 0 Å². The number of hydrogen-bond donors (Lipinski definition) is 2. The van der Waals surface area contributed by atoms with E-state index in [9.17, 15) is 0 Å². The summed E-state index contributed by atoms with van der Waals surface area (Å²) in [6, 6.07) is 28.6. The lowest BCUT2D eigenvalue weighted by Gasteiger charge is -2.41. The highest BCUT2D eigenvalue weighted by Gasteiger charge is 2.48. The van der Waals surface area contributed by atoms with E-state index in [0.717, 1.165) is 6.42 Å². The van der Waals surface area contributed by atoms with Gasteiger partial charge < -0.3 is 10.3 Å². The summed E-state index contributed by atoms with van der Waals surface area (Å²) >= 11 is 0. The fraction of sp³-hybridized carbons (Fsp3) is 0.214.